The van der Waals surface area contributed by atoms with Crippen LogP contribution in [0, 0.1) is 17.2 Å². The van der Waals surface area contributed by atoms with Gasteiger partial charge in [0.25, 0.3) is 0 Å². The number of imidazole rings is 1. The molecule has 0 aliphatic carbocycles. The molecule has 3 aromatic rings. The van der Waals surface area contributed by atoms with Gasteiger partial charge in [-0.05, 0) is 42.8 Å². The number of primary amides is 1. The minimum Gasteiger partial charge on any atom is -0.369 e. The number of carbonyl (C=O) groups excluding carboxylic acids is 1. The van der Waals surface area contributed by atoms with Gasteiger partial charge in [0.1, 0.15) is 11.3 Å². The van der Waals surface area contributed by atoms with E-state index in [0.29, 0.717) is 17.8 Å². The number of benzene rings is 2. The molecule has 1 fully saturated rings. The number of nitrogens with one attached hydrogen (secondary N) is 1. The summed E-state index contributed by atoms with van der Waals surface area (Å²) in [6, 6.07) is 16.5. The van der Waals surface area contributed by atoms with Gasteiger partial charge in [-0.15, -0.1) is 11.6 Å². The van der Waals surface area contributed by atoms with Gasteiger partial charge in [0, 0.05) is 5.69 Å². The Morgan fingerprint density at radius 3 is 2.57 bits per heavy atom. The highest BCUT2D eigenvalue weighted by molar-refractivity contribution is 6.32. The van der Waals surface area contributed by atoms with Crippen molar-refractivity contribution in [3.63, 3.8) is 0 Å². The highest BCUT2D eigenvalue weighted by Gasteiger charge is 2.45. The maximum atomic E-state index is 12.0. The number of nitriles is 1. The number of para-hydroxylation sites is 2. The minimum absolute atomic E-state index is 0.324. The van der Waals surface area contributed by atoms with Crippen molar-refractivity contribution in [2.24, 2.45) is 11.7 Å². The Labute approximate surface area is 171 Å². The van der Waals surface area contributed by atoms with Crippen LogP contribution in [-0.4, -0.2) is 26.8 Å². The number of aromatic nitrogens is 2. The molecule has 4 unspecified atom stereocenters. The summed E-state index contributed by atoms with van der Waals surface area (Å²) in [6.45, 7) is 0. The first-order valence-corrected chi connectivity index (χ1v) is 9.67. The SMILES string of the molecule is N#Cc1ccc(N2C(c3nc4ccccc4[nH]3)CC(C(N)=O)C(Cl)C2Cl)cc1. The summed E-state index contributed by atoms with van der Waals surface area (Å²) in [5.41, 5.74) is 7.97. The number of H-pyrrole nitrogens is 1. The number of nitrogens with zero attached hydrogens (tertiary/aromatic N) is 3. The Bertz CT molecular complexity index is 1030. The average molecular weight is 414 g/mol. The third-order valence-electron chi connectivity index (χ3n) is 5.11. The molecule has 8 heteroatoms. The smallest absolute Gasteiger partial charge is 0.222 e. The van der Waals surface area contributed by atoms with Crippen molar-refractivity contribution in [2.45, 2.75) is 23.3 Å². The third kappa shape index (κ3) is 3.17. The fraction of sp³-hybridized carbons (Fsp3) is 0.250. The number of hydrogen-bond donors (Lipinski definition) is 2. The zero-order chi connectivity index (χ0) is 19.8. The van der Waals surface area contributed by atoms with Gasteiger partial charge in [0.2, 0.25) is 5.91 Å². The molecule has 1 aromatic heterocycles. The topological polar surface area (TPSA) is 98.8 Å². The number of alkyl halides is 2. The second-order valence-corrected chi connectivity index (χ2v) is 7.73. The number of hydrogen-bond acceptors (Lipinski definition) is 4. The Kier molecular flexibility index (Phi) is 4.88. The monoisotopic (exact) mass is 413 g/mol. The van der Waals surface area contributed by atoms with E-state index in [9.17, 15) is 4.79 Å². The molecule has 1 amide bonds. The van der Waals surface area contributed by atoms with Crippen LogP contribution in [-0.2, 0) is 4.79 Å². The first-order valence-electron chi connectivity index (χ1n) is 8.80. The molecule has 6 nitrogen and oxygen atoms in total. The van der Waals surface area contributed by atoms with Crippen molar-refractivity contribution >= 4 is 45.8 Å². The van der Waals surface area contributed by atoms with Crippen molar-refractivity contribution in [2.75, 3.05) is 4.90 Å². The Balaban J connectivity index is 1.81. The molecule has 0 saturated carbocycles. The van der Waals surface area contributed by atoms with Crippen LogP contribution in [0.25, 0.3) is 11.0 Å². The van der Waals surface area contributed by atoms with Gasteiger partial charge in [0.05, 0.1) is 40.0 Å². The van der Waals surface area contributed by atoms with Gasteiger partial charge in [0.15, 0.2) is 0 Å². The number of piperidine rings is 1. The number of anilines is 1. The Hall–Kier alpha value is -2.75. The second kappa shape index (κ2) is 7.34. The predicted molar refractivity (Wildman–Crippen MR) is 109 cm³/mol. The summed E-state index contributed by atoms with van der Waals surface area (Å²) in [5.74, 6) is -0.380. The van der Waals surface area contributed by atoms with Gasteiger partial charge in [-0.25, -0.2) is 4.98 Å². The molecule has 0 bridgehead atoms. The molecule has 2 aromatic carbocycles. The molecular weight excluding hydrogens is 397 g/mol. The number of aromatic amines is 1. The van der Waals surface area contributed by atoms with E-state index >= 15 is 0 Å². The van der Waals surface area contributed by atoms with E-state index in [1.165, 1.54) is 0 Å². The molecule has 1 aliphatic heterocycles. The lowest BCUT2D eigenvalue weighted by Crippen LogP contribution is -2.52. The molecule has 1 saturated heterocycles. The lowest BCUT2D eigenvalue weighted by atomic mass is 9.88. The van der Waals surface area contributed by atoms with Crippen LogP contribution < -0.4 is 10.6 Å². The third-order valence-corrected chi connectivity index (χ3v) is 6.26. The van der Waals surface area contributed by atoms with Crippen LogP contribution in [0.4, 0.5) is 5.69 Å². The van der Waals surface area contributed by atoms with Crippen LogP contribution in [0.3, 0.4) is 0 Å². The van der Waals surface area contributed by atoms with E-state index < -0.39 is 22.7 Å². The molecule has 28 heavy (non-hydrogen) atoms. The molecule has 1 aliphatic rings. The van der Waals surface area contributed by atoms with Crippen molar-refractivity contribution in [1.82, 2.24) is 9.97 Å². The van der Waals surface area contributed by atoms with Gasteiger partial charge in [-0.3, -0.25) is 4.79 Å². The van der Waals surface area contributed by atoms with Crippen molar-refractivity contribution in [3.05, 3.63) is 59.9 Å². The van der Waals surface area contributed by atoms with E-state index in [-0.39, 0.29) is 6.04 Å². The van der Waals surface area contributed by atoms with E-state index in [1.807, 2.05) is 41.3 Å². The summed E-state index contributed by atoms with van der Waals surface area (Å²) >= 11 is 13.2. The summed E-state index contributed by atoms with van der Waals surface area (Å²) in [4.78, 5) is 21.9. The highest BCUT2D eigenvalue weighted by atomic mass is 35.5. The van der Waals surface area contributed by atoms with E-state index in [4.69, 9.17) is 39.2 Å². The molecular formula is C20H17Cl2N5O. The zero-order valence-electron chi connectivity index (χ0n) is 14.7. The average Bonchev–Trinajstić information content (AvgIpc) is 3.13. The highest BCUT2D eigenvalue weighted by Crippen LogP contribution is 2.43. The first kappa shape index (κ1) is 18.6. The number of rotatable bonds is 3. The van der Waals surface area contributed by atoms with Gasteiger partial charge in [-0.2, -0.15) is 5.26 Å². The molecule has 2 heterocycles. The lowest BCUT2D eigenvalue weighted by Gasteiger charge is -2.45. The fourth-order valence-corrected chi connectivity index (χ4v) is 4.45. The Morgan fingerprint density at radius 2 is 1.93 bits per heavy atom. The number of carbonyl (C=O) groups is 1. The number of nitrogens with two attached hydrogens (primary N) is 1. The standard InChI is InChI=1S/C20H17Cl2N5O/c21-17-13(19(24)28)9-16(20-25-14-3-1-2-4-15(14)26-20)27(18(17)22)12-7-5-11(10-23)6-8-12/h1-8,13,16-18H,9H2,(H2,24,28)(H,25,26). The molecule has 4 atom stereocenters. The molecule has 3 N–H and O–H groups in total. The van der Waals surface area contributed by atoms with E-state index in [0.717, 1.165) is 16.7 Å². The first-order chi connectivity index (χ1) is 13.5. The van der Waals surface area contributed by atoms with Crippen molar-refractivity contribution in [1.29, 1.82) is 5.26 Å². The van der Waals surface area contributed by atoms with Gasteiger partial charge < -0.3 is 15.6 Å². The van der Waals surface area contributed by atoms with Gasteiger partial charge >= 0.3 is 0 Å². The van der Waals surface area contributed by atoms with Crippen molar-refractivity contribution in [3.8, 4) is 6.07 Å². The minimum atomic E-state index is -0.681. The van der Waals surface area contributed by atoms with Crippen LogP contribution in [0.15, 0.2) is 48.5 Å². The summed E-state index contributed by atoms with van der Waals surface area (Å²) < 4.78 is 0. The number of halogens is 2. The van der Waals surface area contributed by atoms with E-state index in [1.54, 1.807) is 12.1 Å². The van der Waals surface area contributed by atoms with Crippen LogP contribution in [0.5, 0.6) is 0 Å². The molecule has 0 spiro atoms. The normalized spacial score (nSPS) is 24.8. The maximum Gasteiger partial charge on any atom is 0.222 e. The second-order valence-electron chi connectivity index (χ2n) is 6.78. The Morgan fingerprint density at radius 1 is 1.21 bits per heavy atom. The van der Waals surface area contributed by atoms with Crippen molar-refractivity contribution < 1.29 is 4.79 Å². The lowest BCUT2D eigenvalue weighted by molar-refractivity contribution is -0.122. The summed E-state index contributed by atoms with van der Waals surface area (Å²) in [6.07, 6.45) is 0.381. The van der Waals surface area contributed by atoms with Crippen LogP contribution in [0.1, 0.15) is 23.9 Å². The predicted octanol–water partition coefficient (Wildman–Crippen LogP) is 3.66. The molecule has 4 rings (SSSR count). The molecule has 0 radical (unpaired) electrons. The van der Waals surface area contributed by atoms with Crippen LogP contribution in [0.2, 0.25) is 0 Å². The van der Waals surface area contributed by atoms with Crippen LogP contribution >= 0.6 is 23.2 Å². The maximum absolute atomic E-state index is 12.0. The fourth-order valence-electron chi connectivity index (χ4n) is 3.68. The zero-order valence-corrected chi connectivity index (χ0v) is 16.2. The molecule has 142 valence electrons. The largest absolute Gasteiger partial charge is 0.369 e. The summed E-state index contributed by atoms with van der Waals surface area (Å²) in [5, 5.41) is 8.41. The number of amides is 1. The van der Waals surface area contributed by atoms with Gasteiger partial charge in [-0.1, -0.05) is 23.7 Å². The number of fused-ring (bicyclic) bond motifs is 1. The quantitative estimate of drug-likeness (QED) is 0.505. The summed E-state index contributed by atoms with van der Waals surface area (Å²) in [7, 11) is 0. The van der Waals surface area contributed by atoms with E-state index in [2.05, 4.69) is 11.1 Å².